The normalized spacial score (nSPS) is 13.4. The third-order valence-electron chi connectivity index (χ3n) is 10.1. The number of hydrogen-bond acceptors (Lipinski definition) is 12. The first kappa shape index (κ1) is 41.4. The summed E-state index contributed by atoms with van der Waals surface area (Å²) in [7, 11) is 1.58. The van der Waals surface area contributed by atoms with Crippen LogP contribution in [0.4, 0.5) is 11.9 Å². The Kier molecular flexibility index (Phi) is 12.1. The average molecular weight is 825 g/mol. The van der Waals surface area contributed by atoms with Crippen molar-refractivity contribution in [3.63, 3.8) is 0 Å². The maximum absolute atomic E-state index is 13.8. The highest BCUT2D eigenvalue weighted by Crippen LogP contribution is 2.39. The number of primary amides is 2. The number of anilines is 2. The number of fused-ring (bicyclic) bond motifs is 1. The summed E-state index contributed by atoms with van der Waals surface area (Å²) < 4.78 is 30.0. The molecule has 0 saturated heterocycles. The van der Waals surface area contributed by atoms with Crippen LogP contribution in [0.5, 0.6) is 11.5 Å². The summed E-state index contributed by atoms with van der Waals surface area (Å²) in [4.78, 5) is 61.7. The third-order valence-corrected chi connectivity index (χ3v) is 10.1. The minimum atomic E-state index is -0.676. The SMILES string of the molecule is CCn1nc(C)cc1C(=O)Nc1nc2cc(C(N)=O)cc(OCCOCCOC)c2n1CCC[C@H]1COc2cc(C(N)=O)cc3nc(NC(=O)c4cc(C)nn4CC)n1c23. The van der Waals surface area contributed by atoms with Crippen molar-refractivity contribution in [2.24, 2.45) is 11.5 Å². The van der Waals surface area contributed by atoms with Crippen molar-refractivity contribution in [1.82, 2.24) is 38.7 Å². The number of imidazole rings is 2. The van der Waals surface area contributed by atoms with Gasteiger partial charge in [0.2, 0.25) is 23.7 Å². The zero-order valence-corrected chi connectivity index (χ0v) is 34.1. The first-order valence-corrected chi connectivity index (χ1v) is 19.6. The lowest BCUT2D eigenvalue weighted by molar-refractivity contribution is 0.0546. The summed E-state index contributed by atoms with van der Waals surface area (Å²) >= 11 is 0. The number of hydrogen-bond donors (Lipinski definition) is 4. The second-order valence-corrected chi connectivity index (χ2v) is 14.2. The van der Waals surface area contributed by atoms with Crippen LogP contribution in [-0.4, -0.2) is 102 Å². The van der Waals surface area contributed by atoms with E-state index in [1.54, 1.807) is 52.9 Å². The summed E-state index contributed by atoms with van der Waals surface area (Å²) in [6, 6.07) is 9.31. The Bertz CT molecular complexity index is 2600. The van der Waals surface area contributed by atoms with Crippen molar-refractivity contribution in [3.8, 4) is 11.5 Å². The Balaban J connectivity index is 1.23. The van der Waals surface area contributed by atoms with Gasteiger partial charge in [0.05, 0.1) is 48.3 Å². The number of amides is 4. The predicted octanol–water partition coefficient (Wildman–Crippen LogP) is 3.59. The zero-order chi connectivity index (χ0) is 42.7. The van der Waals surface area contributed by atoms with Crippen molar-refractivity contribution >= 4 is 57.6 Å². The van der Waals surface area contributed by atoms with Crippen LogP contribution in [0.15, 0.2) is 36.4 Å². The number of aromatic nitrogens is 8. The highest BCUT2D eigenvalue weighted by atomic mass is 16.5. The number of carbonyl (C=O) groups is 4. The molecule has 0 spiro atoms. The molecule has 0 saturated carbocycles. The van der Waals surface area contributed by atoms with Crippen molar-refractivity contribution in [1.29, 1.82) is 0 Å². The van der Waals surface area contributed by atoms with Gasteiger partial charge < -0.3 is 39.5 Å². The molecular formula is C40H48N12O8. The van der Waals surface area contributed by atoms with Crippen molar-refractivity contribution < 1.29 is 38.1 Å². The predicted molar refractivity (Wildman–Crippen MR) is 220 cm³/mol. The molecule has 0 fully saturated rings. The molecule has 0 bridgehead atoms. The molecule has 6 aromatic rings. The molecule has 7 rings (SSSR count). The number of nitrogens with zero attached hydrogens (tertiary/aromatic N) is 8. The molecule has 1 aliphatic rings. The lowest BCUT2D eigenvalue weighted by Crippen LogP contribution is -2.26. The van der Waals surface area contributed by atoms with Gasteiger partial charge in [-0.3, -0.25) is 39.2 Å². The van der Waals surface area contributed by atoms with Gasteiger partial charge >= 0.3 is 0 Å². The first-order valence-electron chi connectivity index (χ1n) is 19.6. The number of nitrogens with two attached hydrogens (primary N) is 2. The van der Waals surface area contributed by atoms with Gasteiger partial charge in [-0.05, 0) is 76.9 Å². The minimum Gasteiger partial charge on any atom is -0.489 e. The van der Waals surface area contributed by atoms with Crippen LogP contribution in [0, 0.1) is 13.8 Å². The van der Waals surface area contributed by atoms with Crippen molar-refractivity contribution in [3.05, 3.63) is 70.3 Å². The Labute approximate surface area is 344 Å². The zero-order valence-electron chi connectivity index (χ0n) is 34.1. The minimum absolute atomic E-state index is 0.142. The van der Waals surface area contributed by atoms with E-state index in [1.807, 2.05) is 36.8 Å². The van der Waals surface area contributed by atoms with Gasteiger partial charge in [-0.25, -0.2) is 9.97 Å². The molecule has 1 aliphatic heterocycles. The largest absolute Gasteiger partial charge is 0.489 e. The van der Waals surface area contributed by atoms with E-state index in [0.29, 0.717) is 102 Å². The van der Waals surface area contributed by atoms with E-state index < -0.39 is 23.6 Å². The molecule has 0 aliphatic carbocycles. The van der Waals surface area contributed by atoms with E-state index >= 15 is 0 Å². The fraction of sp³-hybridized carbons (Fsp3) is 0.400. The molecule has 2 aromatic carbocycles. The maximum atomic E-state index is 13.8. The molecule has 316 valence electrons. The Morgan fingerprint density at radius 3 is 1.98 bits per heavy atom. The van der Waals surface area contributed by atoms with Crippen LogP contribution in [0.1, 0.15) is 85.8 Å². The summed E-state index contributed by atoms with van der Waals surface area (Å²) in [5.74, 6) is -0.939. The summed E-state index contributed by atoms with van der Waals surface area (Å²) in [6.07, 6.45) is 0.990. The van der Waals surface area contributed by atoms with Gasteiger partial charge in [-0.15, -0.1) is 0 Å². The smallest absolute Gasteiger partial charge is 0.276 e. The summed E-state index contributed by atoms with van der Waals surface area (Å²) in [5, 5.41) is 14.8. The molecule has 0 radical (unpaired) electrons. The summed E-state index contributed by atoms with van der Waals surface area (Å²) in [5.41, 5.74) is 15.8. The number of aryl methyl sites for hydroxylation is 5. The maximum Gasteiger partial charge on any atom is 0.276 e. The molecule has 1 atom stereocenters. The Morgan fingerprint density at radius 1 is 0.783 bits per heavy atom. The van der Waals surface area contributed by atoms with Crippen LogP contribution in [0.25, 0.3) is 22.1 Å². The fourth-order valence-electron chi connectivity index (χ4n) is 7.37. The number of nitrogens with one attached hydrogen (secondary N) is 2. The van der Waals surface area contributed by atoms with Crippen LogP contribution >= 0.6 is 0 Å². The van der Waals surface area contributed by atoms with E-state index in [2.05, 4.69) is 20.8 Å². The molecule has 0 unspecified atom stereocenters. The topological polar surface area (TPSA) is 253 Å². The van der Waals surface area contributed by atoms with Crippen LogP contribution in [0.2, 0.25) is 0 Å². The van der Waals surface area contributed by atoms with Crippen LogP contribution in [0.3, 0.4) is 0 Å². The highest BCUT2D eigenvalue weighted by molar-refractivity contribution is 6.05. The van der Waals surface area contributed by atoms with E-state index in [0.717, 1.165) is 0 Å². The van der Waals surface area contributed by atoms with Gasteiger partial charge in [-0.2, -0.15) is 10.2 Å². The van der Waals surface area contributed by atoms with Gasteiger partial charge in [0.1, 0.15) is 47.1 Å². The molecule has 20 nitrogen and oxygen atoms in total. The molecule has 5 heterocycles. The summed E-state index contributed by atoms with van der Waals surface area (Å²) in [6.45, 7) is 10.0. The van der Waals surface area contributed by atoms with E-state index in [9.17, 15) is 19.2 Å². The Hall–Kier alpha value is -6.80. The van der Waals surface area contributed by atoms with Crippen LogP contribution < -0.4 is 31.6 Å². The van der Waals surface area contributed by atoms with Gasteiger partial charge in [0.25, 0.3) is 11.8 Å². The Morgan fingerprint density at radius 2 is 1.37 bits per heavy atom. The second kappa shape index (κ2) is 17.6. The fourth-order valence-corrected chi connectivity index (χ4v) is 7.37. The molecular weight excluding hydrogens is 777 g/mol. The van der Waals surface area contributed by atoms with Crippen molar-refractivity contribution in [2.45, 2.75) is 66.2 Å². The average Bonchev–Trinajstić information content (AvgIpc) is 3.99. The third kappa shape index (κ3) is 8.36. The molecule has 6 N–H and O–H groups in total. The quantitative estimate of drug-likeness (QED) is 0.0856. The lowest BCUT2D eigenvalue weighted by atomic mass is 10.1. The standard InChI is InChI=1S/C40H48N12O8/c1-6-50-29(15-22(3)47-50)37(55)45-39-43-27-17-24(35(41)53)19-31(59-14-13-58-12-11-57-5)33(27)49(39)10-8-9-26-21-60-32-20-25(36(42)54)18-28-34(32)52(26)40(44-28)46-38(56)30-16-23(4)48-51(30)7-2/h15-20,26H,6-14,21H2,1-5H3,(H2,41,53)(H2,42,54)(H,43,45,55)(H,44,46,56)/t26-/m0/s1. The highest BCUT2D eigenvalue weighted by Gasteiger charge is 2.30. The second-order valence-electron chi connectivity index (χ2n) is 14.2. The van der Waals surface area contributed by atoms with Gasteiger partial charge in [0, 0.05) is 37.9 Å². The number of methoxy groups -OCH3 is 1. The molecule has 60 heavy (non-hydrogen) atoms. The molecule has 20 heteroatoms. The first-order chi connectivity index (χ1) is 28.9. The molecule has 4 amide bonds. The lowest BCUT2D eigenvalue weighted by Gasteiger charge is -2.27. The van der Waals surface area contributed by atoms with E-state index in [4.69, 9.17) is 40.4 Å². The van der Waals surface area contributed by atoms with E-state index in [1.165, 1.54) is 0 Å². The van der Waals surface area contributed by atoms with Crippen molar-refractivity contribution in [2.75, 3.05) is 50.8 Å². The number of benzene rings is 2. The monoisotopic (exact) mass is 824 g/mol. The van der Waals surface area contributed by atoms with Crippen LogP contribution in [-0.2, 0) is 29.1 Å². The van der Waals surface area contributed by atoms with Gasteiger partial charge in [-0.1, -0.05) is 0 Å². The molecule has 4 aromatic heterocycles. The van der Waals surface area contributed by atoms with Gasteiger partial charge in [0.15, 0.2) is 0 Å². The van der Waals surface area contributed by atoms with E-state index in [-0.39, 0.29) is 48.9 Å². The number of ether oxygens (including phenoxy) is 4. The number of carbonyl (C=O) groups excluding carboxylic acids is 4. The number of rotatable bonds is 19.